The zero-order valence-electron chi connectivity index (χ0n) is 9.21. The summed E-state index contributed by atoms with van der Waals surface area (Å²) in [6.07, 6.45) is 1.93. The molecule has 1 aromatic rings. The number of benzene rings is 1. The lowest BCUT2D eigenvalue weighted by atomic mass is 9.96. The van der Waals surface area contributed by atoms with Gasteiger partial charge < -0.3 is 10.5 Å². The molecule has 0 atom stereocenters. The van der Waals surface area contributed by atoms with Gasteiger partial charge in [-0.25, -0.2) is 0 Å². The largest absolute Gasteiger partial charge is 0.496 e. The Balaban J connectivity index is 2.67. The SMILES string of the molecule is COc1ccccc1CCC(C)(C)N. The Morgan fingerprint density at radius 2 is 1.93 bits per heavy atom. The molecule has 78 valence electrons. The third-order valence-electron chi connectivity index (χ3n) is 2.23. The molecule has 0 amide bonds. The van der Waals surface area contributed by atoms with Crippen LogP contribution in [0.25, 0.3) is 0 Å². The van der Waals surface area contributed by atoms with Gasteiger partial charge in [-0.3, -0.25) is 0 Å². The Labute approximate surface area is 86.1 Å². The van der Waals surface area contributed by atoms with Crippen molar-refractivity contribution in [2.24, 2.45) is 5.73 Å². The number of ether oxygens (including phenoxy) is 1. The van der Waals surface area contributed by atoms with Crippen molar-refractivity contribution in [1.29, 1.82) is 0 Å². The lowest BCUT2D eigenvalue weighted by Crippen LogP contribution is -2.32. The summed E-state index contributed by atoms with van der Waals surface area (Å²) >= 11 is 0. The van der Waals surface area contributed by atoms with Gasteiger partial charge in [0.05, 0.1) is 7.11 Å². The fraction of sp³-hybridized carbons (Fsp3) is 0.500. The van der Waals surface area contributed by atoms with E-state index in [9.17, 15) is 0 Å². The first kappa shape index (κ1) is 11.1. The molecule has 0 saturated carbocycles. The quantitative estimate of drug-likeness (QED) is 0.796. The van der Waals surface area contributed by atoms with Gasteiger partial charge in [-0.2, -0.15) is 0 Å². The maximum atomic E-state index is 5.93. The van der Waals surface area contributed by atoms with E-state index >= 15 is 0 Å². The Bertz CT molecular complexity index is 289. The lowest BCUT2D eigenvalue weighted by Gasteiger charge is -2.18. The molecule has 0 aliphatic rings. The number of nitrogens with two attached hydrogens (primary N) is 1. The summed E-state index contributed by atoms with van der Waals surface area (Å²) in [5.41, 5.74) is 7.05. The van der Waals surface area contributed by atoms with Crippen LogP contribution >= 0.6 is 0 Å². The van der Waals surface area contributed by atoms with Crippen LogP contribution in [0, 0.1) is 0 Å². The summed E-state index contributed by atoms with van der Waals surface area (Å²) in [5.74, 6) is 0.955. The summed E-state index contributed by atoms with van der Waals surface area (Å²) in [7, 11) is 1.70. The molecule has 1 aromatic carbocycles. The molecule has 0 fully saturated rings. The molecule has 14 heavy (non-hydrogen) atoms. The van der Waals surface area contributed by atoms with Crippen molar-refractivity contribution >= 4 is 0 Å². The van der Waals surface area contributed by atoms with Gasteiger partial charge in [-0.15, -0.1) is 0 Å². The molecular formula is C12H19NO. The van der Waals surface area contributed by atoms with Crippen LogP contribution in [0.2, 0.25) is 0 Å². The third-order valence-corrected chi connectivity index (χ3v) is 2.23. The van der Waals surface area contributed by atoms with E-state index in [1.165, 1.54) is 5.56 Å². The number of hydrogen-bond acceptors (Lipinski definition) is 2. The van der Waals surface area contributed by atoms with Crippen molar-refractivity contribution in [3.8, 4) is 5.75 Å². The van der Waals surface area contributed by atoms with Crippen molar-refractivity contribution in [2.45, 2.75) is 32.2 Å². The molecule has 1 rings (SSSR count). The van der Waals surface area contributed by atoms with E-state index in [4.69, 9.17) is 10.5 Å². The maximum absolute atomic E-state index is 5.93. The topological polar surface area (TPSA) is 35.2 Å². The van der Waals surface area contributed by atoms with Crippen LogP contribution in [0.15, 0.2) is 24.3 Å². The number of hydrogen-bond donors (Lipinski definition) is 1. The fourth-order valence-electron chi connectivity index (χ4n) is 1.37. The van der Waals surface area contributed by atoms with Gasteiger partial charge in [-0.1, -0.05) is 18.2 Å². The zero-order valence-corrected chi connectivity index (χ0v) is 9.21. The molecule has 0 unspecified atom stereocenters. The summed E-state index contributed by atoms with van der Waals surface area (Å²) in [6.45, 7) is 4.09. The molecule has 0 aliphatic heterocycles. The standard InChI is InChI=1S/C12H19NO/c1-12(2,13)9-8-10-6-4-5-7-11(10)14-3/h4-7H,8-9,13H2,1-3H3. The number of para-hydroxylation sites is 1. The number of rotatable bonds is 4. The van der Waals surface area contributed by atoms with Crippen LogP contribution in [-0.2, 0) is 6.42 Å². The first-order chi connectivity index (χ1) is 6.53. The van der Waals surface area contributed by atoms with Crippen LogP contribution in [0.4, 0.5) is 0 Å². The minimum Gasteiger partial charge on any atom is -0.496 e. The summed E-state index contributed by atoms with van der Waals surface area (Å²) in [6, 6.07) is 8.08. The van der Waals surface area contributed by atoms with Gasteiger partial charge in [0, 0.05) is 5.54 Å². The van der Waals surface area contributed by atoms with Crippen LogP contribution in [0.5, 0.6) is 5.75 Å². The molecule has 0 aliphatic carbocycles. The molecule has 0 saturated heterocycles. The Hall–Kier alpha value is -1.02. The van der Waals surface area contributed by atoms with Crippen molar-refractivity contribution in [3.05, 3.63) is 29.8 Å². The third kappa shape index (κ3) is 3.38. The molecule has 0 radical (unpaired) electrons. The van der Waals surface area contributed by atoms with E-state index in [0.29, 0.717) is 0 Å². The minimum absolute atomic E-state index is 0.110. The Kier molecular flexibility index (Phi) is 3.53. The van der Waals surface area contributed by atoms with Crippen LogP contribution in [0.1, 0.15) is 25.8 Å². The normalized spacial score (nSPS) is 11.4. The average Bonchev–Trinajstić information content (AvgIpc) is 2.14. The molecule has 2 N–H and O–H groups in total. The smallest absolute Gasteiger partial charge is 0.122 e. The second kappa shape index (κ2) is 4.47. The highest BCUT2D eigenvalue weighted by molar-refractivity contribution is 5.33. The van der Waals surface area contributed by atoms with E-state index in [-0.39, 0.29) is 5.54 Å². The highest BCUT2D eigenvalue weighted by Crippen LogP contribution is 2.20. The van der Waals surface area contributed by atoms with Crippen molar-refractivity contribution in [2.75, 3.05) is 7.11 Å². The molecule has 0 bridgehead atoms. The highest BCUT2D eigenvalue weighted by atomic mass is 16.5. The lowest BCUT2D eigenvalue weighted by molar-refractivity contribution is 0.404. The van der Waals surface area contributed by atoms with Crippen LogP contribution in [-0.4, -0.2) is 12.6 Å². The highest BCUT2D eigenvalue weighted by Gasteiger charge is 2.11. The van der Waals surface area contributed by atoms with E-state index < -0.39 is 0 Å². The molecule has 0 aromatic heterocycles. The van der Waals surface area contributed by atoms with E-state index in [2.05, 4.69) is 6.07 Å². The van der Waals surface area contributed by atoms with Gasteiger partial charge in [0.1, 0.15) is 5.75 Å². The van der Waals surface area contributed by atoms with Gasteiger partial charge in [-0.05, 0) is 38.3 Å². The number of aryl methyl sites for hydroxylation is 1. The summed E-state index contributed by atoms with van der Waals surface area (Å²) in [4.78, 5) is 0. The predicted molar refractivity (Wildman–Crippen MR) is 59.6 cm³/mol. The Morgan fingerprint density at radius 1 is 1.29 bits per heavy atom. The first-order valence-corrected chi connectivity index (χ1v) is 4.94. The van der Waals surface area contributed by atoms with Gasteiger partial charge in [0.2, 0.25) is 0 Å². The molecule has 0 spiro atoms. The van der Waals surface area contributed by atoms with Crippen LogP contribution < -0.4 is 10.5 Å². The van der Waals surface area contributed by atoms with Crippen molar-refractivity contribution < 1.29 is 4.74 Å². The van der Waals surface area contributed by atoms with E-state index in [1.807, 2.05) is 32.0 Å². The molecule has 2 nitrogen and oxygen atoms in total. The number of methoxy groups -OCH3 is 1. The molecular weight excluding hydrogens is 174 g/mol. The summed E-state index contributed by atoms with van der Waals surface area (Å²) < 4.78 is 5.27. The van der Waals surface area contributed by atoms with Gasteiger partial charge in [0.25, 0.3) is 0 Å². The van der Waals surface area contributed by atoms with Crippen molar-refractivity contribution in [1.82, 2.24) is 0 Å². The molecule has 0 heterocycles. The molecule has 2 heteroatoms. The average molecular weight is 193 g/mol. The van der Waals surface area contributed by atoms with E-state index in [1.54, 1.807) is 7.11 Å². The summed E-state index contributed by atoms with van der Waals surface area (Å²) in [5, 5.41) is 0. The maximum Gasteiger partial charge on any atom is 0.122 e. The Morgan fingerprint density at radius 3 is 2.50 bits per heavy atom. The minimum atomic E-state index is -0.110. The fourth-order valence-corrected chi connectivity index (χ4v) is 1.37. The van der Waals surface area contributed by atoms with E-state index in [0.717, 1.165) is 18.6 Å². The second-order valence-electron chi connectivity index (χ2n) is 4.30. The monoisotopic (exact) mass is 193 g/mol. The van der Waals surface area contributed by atoms with Crippen molar-refractivity contribution in [3.63, 3.8) is 0 Å². The second-order valence-corrected chi connectivity index (χ2v) is 4.30. The zero-order chi connectivity index (χ0) is 10.6. The predicted octanol–water partition coefficient (Wildman–Crippen LogP) is 2.37. The first-order valence-electron chi connectivity index (χ1n) is 4.94. The van der Waals surface area contributed by atoms with Crippen LogP contribution in [0.3, 0.4) is 0 Å². The van der Waals surface area contributed by atoms with Gasteiger partial charge >= 0.3 is 0 Å². The van der Waals surface area contributed by atoms with Gasteiger partial charge in [0.15, 0.2) is 0 Å².